The minimum Gasteiger partial charge on any atom is -0.391 e. The van der Waals surface area contributed by atoms with Crippen LogP contribution in [0.5, 0.6) is 0 Å². The smallest absolute Gasteiger partial charge is 0.222 e. The predicted molar refractivity (Wildman–Crippen MR) is 92.8 cm³/mol. The van der Waals surface area contributed by atoms with E-state index in [0.29, 0.717) is 12.5 Å². The maximum absolute atomic E-state index is 12.5. The van der Waals surface area contributed by atoms with Crippen LogP contribution in [0.2, 0.25) is 0 Å². The van der Waals surface area contributed by atoms with E-state index in [2.05, 4.69) is 16.9 Å². The Labute approximate surface area is 144 Å². The summed E-state index contributed by atoms with van der Waals surface area (Å²) in [5, 5.41) is 14.5. The normalized spacial score (nSPS) is 25.4. The van der Waals surface area contributed by atoms with Gasteiger partial charge in [-0.1, -0.05) is 0 Å². The van der Waals surface area contributed by atoms with Crippen molar-refractivity contribution >= 4 is 5.91 Å². The summed E-state index contributed by atoms with van der Waals surface area (Å²) < 4.78 is 1.89. The number of aryl methyl sites for hydroxylation is 2. The van der Waals surface area contributed by atoms with Gasteiger partial charge in [0, 0.05) is 51.4 Å². The van der Waals surface area contributed by atoms with Crippen molar-refractivity contribution in [3.8, 4) is 0 Å². The Morgan fingerprint density at radius 1 is 1.21 bits per heavy atom. The average molecular weight is 334 g/mol. The number of aliphatic hydroxyl groups is 1. The quantitative estimate of drug-likeness (QED) is 0.893. The van der Waals surface area contributed by atoms with Gasteiger partial charge < -0.3 is 10.0 Å². The lowest BCUT2D eigenvalue weighted by Gasteiger charge is -2.39. The third-order valence-electron chi connectivity index (χ3n) is 5.83. The van der Waals surface area contributed by atoms with Crippen molar-refractivity contribution in [1.82, 2.24) is 19.6 Å². The topological polar surface area (TPSA) is 61.6 Å². The minimum atomic E-state index is -0.177. The number of carbonyl (C=O) groups excluding carboxylic acids is 1. The number of carbonyl (C=O) groups is 1. The molecule has 0 aromatic carbocycles. The largest absolute Gasteiger partial charge is 0.391 e. The molecule has 0 spiro atoms. The Bertz CT molecular complexity index is 590. The number of amides is 1. The number of aromatic nitrogens is 2. The first-order chi connectivity index (χ1) is 11.5. The van der Waals surface area contributed by atoms with E-state index in [9.17, 15) is 9.90 Å². The summed E-state index contributed by atoms with van der Waals surface area (Å²) in [5.74, 6) is 0.240. The van der Waals surface area contributed by atoms with Crippen molar-refractivity contribution in [2.24, 2.45) is 7.05 Å². The van der Waals surface area contributed by atoms with Crippen LogP contribution in [0.25, 0.3) is 0 Å². The first-order valence-electron chi connectivity index (χ1n) is 9.16. The molecule has 1 aliphatic carbocycles. The Hall–Kier alpha value is -1.40. The van der Waals surface area contributed by atoms with Gasteiger partial charge in [-0.2, -0.15) is 5.10 Å². The molecule has 0 radical (unpaired) electrons. The summed E-state index contributed by atoms with van der Waals surface area (Å²) in [6.45, 7) is 7.42. The second-order valence-corrected chi connectivity index (χ2v) is 7.26. The second-order valence-electron chi connectivity index (χ2n) is 7.26. The van der Waals surface area contributed by atoms with E-state index in [4.69, 9.17) is 0 Å². The maximum Gasteiger partial charge on any atom is 0.222 e. The van der Waals surface area contributed by atoms with Gasteiger partial charge in [0.15, 0.2) is 0 Å². The molecule has 1 amide bonds. The van der Waals surface area contributed by atoms with Crippen molar-refractivity contribution in [3.63, 3.8) is 0 Å². The fourth-order valence-corrected chi connectivity index (χ4v) is 4.22. The third-order valence-corrected chi connectivity index (χ3v) is 5.83. The highest BCUT2D eigenvalue weighted by Gasteiger charge is 2.33. The SMILES string of the molecule is Cc1nn(C)c(C)c1CCC(=O)N1CCN(C2CCCC2O)CC1. The molecule has 2 fully saturated rings. The molecule has 1 saturated carbocycles. The molecule has 1 saturated heterocycles. The average Bonchev–Trinajstić information content (AvgIpc) is 3.10. The molecule has 134 valence electrons. The van der Waals surface area contributed by atoms with Crippen LogP contribution in [0.3, 0.4) is 0 Å². The van der Waals surface area contributed by atoms with Crippen LogP contribution in [-0.4, -0.2) is 68.9 Å². The van der Waals surface area contributed by atoms with E-state index in [0.717, 1.165) is 63.3 Å². The lowest BCUT2D eigenvalue weighted by molar-refractivity contribution is -0.133. The Morgan fingerprint density at radius 3 is 2.46 bits per heavy atom. The van der Waals surface area contributed by atoms with Crippen LogP contribution in [0.4, 0.5) is 0 Å². The number of rotatable bonds is 4. The summed E-state index contributed by atoms with van der Waals surface area (Å²) in [6.07, 6.45) is 4.28. The maximum atomic E-state index is 12.5. The van der Waals surface area contributed by atoms with Gasteiger partial charge in [-0.3, -0.25) is 14.4 Å². The lowest BCUT2D eigenvalue weighted by atomic mass is 10.1. The van der Waals surface area contributed by atoms with E-state index in [1.165, 1.54) is 5.56 Å². The molecule has 6 heteroatoms. The molecule has 0 bridgehead atoms. The zero-order valence-electron chi connectivity index (χ0n) is 15.2. The summed E-state index contributed by atoms with van der Waals surface area (Å²) in [4.78, 5) is 16.9. The van der Waals surface area contributed by atoms with Gasteiger partial charge in [-0.25, -0.2) is 0 Å². The highest BCUT2D eigenvalue weighted by molar-refractivity contribution is 5.76. The van der Waals surface area contributed by atoms with E-state index in [1.54, 1.807) is 0 Å². The van der Waals surface area contributed by atoms with Crippen molar-refractivity contribution < 1.29 is 9.90 Å². The Morgan fingerprint density at radius 2 is 1.92 bits per heavy atom. The molecule has 1 N–H and O–H groups in total. The van der Waals surface area contributed by atoms with E-state index >= 15 is 0 Å². The first kappa shape index (κ1) is 17.4. The monoisotopic (exact) mass is 334 g/mol. The Kier molecular flexibility index (Phi) is 5.25. The van der Waals surface area contributed by atoms with Crippen LogP contribution in [0.1, 0.15) is 42.6 Å². The van der Waals surface area contributed by atoms with Crippen molar-refractivity contribution in [3.05, 3.63) is 17.0 Å². The van der Waals surface area contributed by atoms with Gasteiger partial charge in [0.2, 0.25) is 5.91 Å². The van der Waals surface area contributed by atoms with Gasteiger partial charge in [0.25, 0.3) is 0 Å². The number of aliphatic hydroxyl groups excluding tert-OH is 1. The lowest BCUT2D eigenvalue weighted by Crippen LogP contribution is -2.53. The fraction of sp³-hybridized carbons (Fsp3) is 0.778. The van der Waals surface area contributed by atoms with Crippen LogP contribution >= 0.6 is 0 Å². The summed E-state index contributed by atoms with van der Waals surface area (Å²) in [5.41, 5.74) is 3.39. The molecule has 2 atom stereocenters. The summed E-state index contributed by atoms with van der Waals surface area (Å²) in [6, 6.07) is 0.308. The zero-order chi connectivity index (χ0) is 17.3. The fourth-order valence-electron chi connectivity index (χ4n) is 4.22. The predicted octanol–water partition coefficient (Wildman–Crippen LogP) is 1.03. The van der Waals surface area contributed by atoms with Crippen LogP contribution in [-0.2, 0) is 18.3 Å². The van der Waals surface area contributed by atoms with Crippen molar-refractivity contribution in [2.75, 3.05) is 26.2 Å². The van der Waals surface area contributed by atoms with Gasteiger partial charge in [0.1, 0.15) is 0 Å². The highest BCUT2D eigenvalue weighted by atomic mass is 16.3. The molecule has 2 unspecified atom stereocenters. The summed E-state index contributed by atoms with van der Waals surface area (Å²) >= 11 is 0. The van der Waals surface area contributed by atoms with E-state index in [-0.39, 0.29) is 12.0 Å². The van der Waals surface area contributed by atoms with Crippen molar-refractivity contribution in [1.29, 1.82) is 0 Å². The molecule has 1 aromatic rings. The van der Waals surface area contributed by atoms with Gasteiger partial charge >= 0.3 is 0 Å². The zero-order valence-corrected chi connectivity index (χ0v) is 15.2. The van der Waals surface area contributed by atoms with E-state index in [1.807, 2.05) is 23.6 Å². The van der Waals surface area contributed by atoms with Crippen LogP contribution in [0, 0.1) is 13.8 Å². The first-order valence-corrected chi connectivity index (χ1v) is 9.16. The van der Waals surface area contributed by atoms with Gasteiger partial charge in [-0.05, 0) is 45.1 Å². The number of piperazine rings is 1. The molecule has 1 aromatic heterocycles. The summed E-state index contributed by atoms with van der Waals surface area (Å²) in [7, 11) is 1.95. The van der Waals surface area contributed by atoms with E-state index < -0.39 is 0 Å². The third kappa shape index (κ3) is 3.49. The van der Waals surface area contributed by atoms with Gasteiger partial charge in [0.05, 0.1) is 11.8 Å². The number of nitrogens with zero attached hydrogens (tertiary/aromatic N) is 4. The molecule has 3 rings (SSSR count). The van der Waals surface area contributed by atoms with Gasteiger partial charge in [-0.15, -0.1) is 0 Å². The van der Waals surface area contributed by atoms with Crippen molar-refractivity contribution in [2.45, 2.75) is 58.1 Å². The minimum absolute atomic E-state index is 0.177. The molecule has 6 nitrogen and oxygen atoms in total. The molecule has 2 heterocycles. The Balaban J connectivity index is 1.48. The molecule has 1 aliphatic heterocycles. The second kappa shape index (κ2) is 7.23. The standard InChI is InChI=1S/C18H30N4O2/c1-13-15(14(2)20(3)19-13)7-8-18(24)22-11-9-21(10-12-22)16-5-4-6-17(16)23/h16-17,23H,4-12H2,1-3H3. The number of hydrogen-bond donors (Lipinski definition) is 1. The van der Waals surface area contributed by atoms with Crippen LogP contribution < -0.4 is 0 Å². The molecule has 2 aliphatic rings. The molecular formula is C18H30N4O2. The van der Waals surface area contributed by atoms with Crippen LogP contribution in [0.15, 0.2) is 0 Å². The number of hydrogen-bond acceptors (Lipinski definition) is 4. The molecular weight excluding hydrogens is 304 g/mol. The highest BCUT2D eigenvalue weighted by Crippen LogP contribution is 2.25. The molecule has 24 heavy (non-hydrogen) atoms.